The first kappa shape index (κ1) is 14.8. The van der Waals surface area contributed by atoms with Crippen LogP contribution < -0.4 is 10.1 Å². The van der Waals surface area contributed by atoms with Crippen LogP contribution in [0, 0.1) is 12.7 Å². The SMILES string of the molecule is CNC(c1cc(Cl)ccc1F)c1cc(C)ccc1OC. The number of halogens is 2. The summed E-state index contributed by atoms with van der Waals surface area (Å²) in [6.45, 7) is 1.99. The summed E-state index contributed by atoms with van der Waals surface area (Å²) in [5.74, 6) is 0.423. The first-order valence-corrected chi connectivity index (χ1v) is 6.71. The third-order valence-electron chi connectivity index (χ3n) is 3.25. The average Bonchev–Trinajstić information content (AvgIpc) is 2.44. The van der Waals surface area contributed by atoms with Gasteiger partial charge in [-0.25, -0.2) is 4.39 Å². The number of rotatable bonds is 4. The highest BCUT2D eigenvalue weighted by atomic mass is 35.5. The molecular formula is C16H17ClFNO. The maximum Gasteiger partial charge on any atom is 0.128 e. The van der Waals surface area contributed by atoms with E-state index in [0.29, 0.717) is 16.3 Å². The largest absolute Gasteiger partial charge is 0.496 e. The first-order valence-electron chi connectivity index (χ1n) is 6.33. The number of hydrogen-bond acceptors (Lipinski definition) is 2. The van der Waals surface area contributed by atoms with Crippen molar-refractivity contribution in [2.24, 2.45) is 0 Å². The molecule has 106 valence electrons. The topological polar surface area (TPSA) is 21.3 Å². The number of hydrogen-bond donors (Lipinski definition) is 1. The molecule has 1 unspecified atom stereocenters. The van der Waals surface area contributed by atoms with Gasteiger partial charge in [-0.3, -0.25) is 0 Å². The second-order valence-corrected chi connectivity index (χ2v) is 5.07. The minimum atomic E-state index is -0.316. The molecule has 2 rings (SSSR count). The minimum absolute atomic E-state index is 0.294. The van der Waals surface area contributed by atoms with Gasteiger partial charge in [0.1, 0.15) is 11.6 Å². The molecule has 0 radical (unpaired) electrons. The Morgan fingerprint density at radius 1 is 1.15 bits per heavy atom. The molecule has 0 bridgehead atoms. The van der Waals surface area contributed by atoms with Crippen molar-refractivity contribution < 1.29 is 9.13 Å². The molecule has 4 heteroatoms. The quantitative estimate of drug-likeness (QED) is 0.916. The smallest absolute Gasteiger partial charge is 0.128 e. The van der Waals surface area contributed by atoms with E-state index in [-0.39, 0.29) is 11.9 Å². The molecule has 2 aromatic rings. The molecule has 0 saturated carbocycles. The fourth-order valence-electron chi connectivity index (χ4n) is 2.29. The van der Waals surface area contributed by atoms with E-state index in [2.05, 4.69) is 5.32 Å². The molecular weight excluding hydrogens is 277 g/mol. The maximum atomic E-state index is 14.1. The third-order valence-corrected chi connectivity index (χ3v) is 3.49. The molecule has 0 spiro atoms. The predicted octanol–water partition coefficient (Wildman–Crippen LogP) is 4.10. The van der Waals surface area contributed by atoms with Gasteiger partial charge in [0.15, 0.2) is 0 Å². The van der Waals surface area contributed by atoms with Crippen LogP contribution in [0.15, 0.2) is 36.4 Å². The van der Waals surface area contributed by atoms with Crippen molar-refractivity contribution in [2.75, 3.05) is 14.2 Å². The maximum absolute atomic E-state index is 14.1. The molecule has 0 aromatic heterocycles. The van der Waals surface area contributed by atoms with Crippen molar-refractivity contribution in [3.05, 3.63) is 63.9 Å². The van der Waals surface area contributed by atoms with Gasteiger partial charge in [0.05, 0.1) is 13.2 Å². The number of benzene rings is 2. The normalized spacial score (nSPS) is 12.2. The van der Waals surface area contributed by atoms with Crippen LogP contribution in [0.2, 0.25) is 5.02 Å². The molecule has 0 heterocycles. The van der Waals surface area contributed by atoms with Gasteiger partial charge in [-0.15, -0.1) is 0 Å². The summed E-state index contributed by atoms with van der Waals surface area (Å²) in [6.07, 6.45) is 0. The number of aryl methyl sites for hydroxylation is 1. The van der Waals surface area contributed by atoms with Gasteiger partial charge >= 0.3 is 0 Å². The highest BCUT2D eigenvalue weighted by molar-refractivity contribution is 6.30. The zero-order valence-corrected chi connectivity index (χ0v) is 12.5. The van der Waals surface area contributed by atoms with E-state index in [9.17, 15) is 4.39 Å². The average molecular weight is 294 g/mol. The Kier molecular flexibility index (Phi) is 4.63. The summed E-state index contributed by atoms with van der Waals surface area (Å²) in [6, 6.07) is 10.1. The highest BCUT2D eigenvalue weighted by Crippen LogP contribution is 2.33. The Morgan fingerprint density at radius 2 is 1.90 bits per heavy atom. The van der Waals surface area contributed by atoms with Crippen LogP contribution in [-0.4, -0.2) is 14.2 Å². The summed E-state index contributed by atoms with van der Waals surface area (Å²) in [5.41, 5.74) is 2.48. The molecule has 0 aliphatic rings. The third kappa shape index (κ3) is 2.94. The van der Waals surface area contributed by atoms with Crippen LogP contribution in [-0.2, 0) is 0 Å². The van der Waals surface area contributed by atoms with E-state index in [0.717, 1.165) is 11.1 Å². The van der Waals surface area contributed by atoms with Crippen LogP contribution in [0.1, 0.15) is 22.7 Å². The number of methoxy groups -OCH3 is 1. The fraction of sp³-hybridized carbons (Fsp3) is 0.250. The Labute approximate surface area is 123 Å². The van der Waals surface area contributed by atoms with Crippen LogP contribution in [0.25, 0.3) is 0 Å². The fourth-order valence-corrected chi connectivity index (χ4v) is 2.47. The van der Waals surface area contributed by atoms with Crippen molar-refractivity contribution in [3.63, 3.8) is 0 Å². The molecule has 1 N–H and O–H groups in total. The molecule has 0 aliphatic carbocycles. The Morgan fingerprint density at radius 3 is 2.55 bits per heavy atom. The highest BCUT2D eigenvalue weighted by Gasteiger charge is 2.20. The number of nitrogens with one attached hydrogen (secondary N) is 1. The van der Waals surface area contributed by atoms with Gasteiger partial charge in [0.2, 0.25) is 0 Å². The summed E-state index contributed by atoms with van der Waals surface area (Å²) >= 11 is 5.98. The van der Waals surface area contributed by atoms with Crippen molar-refractivity contribution in [1.29, 1.82) is 0 Å². The van der Waals surface area contributed by atoms with E-state index in [4.69, 9.17) is 16.3 Å². The molecule has 0 aliphatic heterocycles. The molecule has 0 saturated heterocycles. The molecule has 0 fully saturated rings. The zero-order chi connectivity index (χ0) is 14.7. The van der Waals surface area contributed by atoms with Crippen LogP contribution >= 0.6 is 11.6 Å². The molecule has 2 aromatic carbocycles. The summed E-state index contributed by atoms with van der Waals surface area (Å²) in [4.78, 5) is 0. The minimum Gasteiger partial charge on any atom is -0.496 e. The lowest BCUT2D eigenvalue weighted by molar-refractivity contribution is 0.404. The van der Waals surface area contributed by atoms with Crippen LogP contribution in [0.5, 0.6) is 5.75 Å². The Bertz CT molecular complexity index is 615. The zero-order valence-electron chi connectivity index (χ0n) is 11.7. The lowest BCUT2D eigenvalue weighted by Crippen LogP contribution is -2.20. The van der Waals surface area contributed by atoms with Gasteiger partial charge < -0.3 is 10.1 Å². The van der Waals surface area contributed by atoms with Crippen LogP contribution in [0.3, 0.4) is 0 Å². The van der Waals surface area contributed by atoms with Crippen molar-refractivity contribution in [3.8, 4) is 5.75 Å². The second kappa shape index (κ2) is 6.25. The Balaban J connectivity index is 2.57. The van der Waals surface area contributed by atoms with Gasteiger partial charge in [-0.1, -0.05) is 29.3 Å². The lowest BCUT2D eigenvalue weighted by atomic mass is 9.96. The van der Waals surface area contributed by atoms with E-state index >= 15 is 0 Å². The van der Waals surface area contributed by atoms with Crippen molar-refractivity contribution in [2.45, 2.75) is 13.0 Å². The number of ether oxygens (including phenoxy) is 1. The Hall–Kier alpha value is -1.58. The van der Waals surface area contributed by atoms with Gasteiger partial charge in [-0.2, -0.15) is 0 Å². The molecule has 20 heavy (non-hydrogen) atoms. The van der Waals surface area contributed by atoms with E-state index in [1.165, 1.54) is 6.07 Å². The standard InChI is InChI=1S/C16H17ClFNO/c1-10-4-7-15(20-3)13(8-10)16(19-2)12-9-11(17)5-6-14(12)18/h4-9,16,19H,1-3H3. The summed E-state index contributed by atoms with van der Waals surface area (Å²) < 4.78 is 19.5. The van der Waals surface area contributed by atoms with Gasteiger partial charge in [0.25, 0.3) is 0 Å². The van der Waals surface area contributed by atoms with Crippen LogP contribution in [0.4, 0.5) is 4.39 Å². The molecule has 2 nitrogen and oxygen atoms in total. The summed E-state index contributed by atoms with van der Waals surface area (Å²) in [7, 11) is 3.39. The molecule has 0 amide bonds. The monoisotopic (exact) mass is 293 g/mol. The first-order chi connectivity index (χ1) is 9.56. The van der Waals surface area contributed by atoms with Gasteiger partial charge in [0, 0.05) is 16.1 Å². The van der Waals surface area contributed by atoms with Gasteiger partial charge in [-0.05, 0) is 38.2 Å². The van der Waals surface area contributed by atoms with E-state index in [1.54, 1.807) is 26.3 Å². The van der Waals surface area contributed by atoms with Crippen molar-refractivity contribution in [1.82, 2.24) is 5.32 Å². The summed E-state index contributed by atoms with van der Waals surface area (Å²) in [5, 5.41) is 3.63. The predicted molar refractivity (Wildman–Crippen MR) is 80.0 cm³/mol. The lowest BCUT2D eigenvalue weighted by Gasteiger charge is -2.21. The van der Waals surface area contributed by atoms with E-state index in [1.807, 2.05) is 25.1 Å². The second-order valence-electron chi connectivity index (χ2n) is 4.63. The molecule has 1 atom stereocenters. The van der Waals surface area contributed by atoms with E-state index < -0.39 is 0 Å². The van der Waals surface area contributed by atoms with Crippen molar-refractivity contribution >= 4 is 11.6 Å².